The van der Waals surface area contributed by atoms with Crippen LogP contribution in [0.4, 0.5) is 13.2 Å². The number of amides is 1. The molecule has 0 spiro atoms. The Labute approximate surface area is 107 Å². The number of carbonyl (C=O) groups excluding carboxylic acids is 1. The Bertz CT molecular complexity index is 406. The summed E-state index contributed by atoms with van der Waals surface area (Å²) < 4.78 is 36.7. The van der Waals surface area contributed by atoms with Crippen molar-refractivity contribution >= 4 is 5.91 Å². The number of hydrogen-bond donors (Lipinski definition) is 5. The maximum Gasteiger partial charge on any atom is 0.428 e. The van der Waals surface area contributed by atoms with Crippen LogP contribution in [0.5, 0.6) is 0 Å². The number of nitrogens with two attached hydrogens (primary N) is 1. The van der Waals surface area contributed by atoms with Crippen molar-refractivity contribution in [1.29, 1.82) is 0 Å². The van der Waals surface area contributed by atoms with Crippen LogP contribution < -0.4 is 21.7 Å². The minimum absolute atomic E-state index is 0.137. The van der Waals surface area contributed by atoms with Gasteiger partial charge in [-0.2, -0.15) is 13.2 Å². The highest BCUT2D eigenvalue weighted by molar-refractivity contribution is 5.91. The molecule has 9 heteroatoms. The number of rotatable bonds is 5. The topological polar surface area (TPSA) is 99.4 Å². The van der Waals surface area contributed by atoms with Gasteiger partial charge in [0.2, 0.25) is 6.23 Å². The van der Waals surface area contributed by atoms with Crippen molar-refractivity contribution in [3.63, 3.8) is 0 Å². The van der Waals surface area contributed by atoms with E-state index in [4.69, 9.17) is 10.8 Å². The molecule has 0 aliphatic carbocycles. The molecule has 1 heterocycles. The second-order valence-corrected chi connectivity index (χ2v) is 3.87. The Morgan fingerprint density at radius 2 is 2.16 bits per heavy atom. The Kier molecular flexibility index (Phi) is 4.92. The van der Waals surface area contributed by atoms with Gasteiger partial charge >= 0.3 is 6.18 Å². The predicted octanol–water partition coefficient (Wildman–Crippen LogP) is -1.10. The summed E-state index contributed by atoms with van der Waals surface area (Å²) in [5.74, 6) is -0.653. The summed E-state index contributed by atoms with van der Waals surface area (Å²) in [5.41, 5.74) is 5.71. The molecule has 0 aromatic heterocycles. The van der Waals surface area contributed by atoms with Gasteiger partial charge in [0, 0.05) is 6.54 Å². The van der Waals surface area contributed by atoms with E-state index in [1.807, 2.05) is 5.32 Å². The number of aliphatic hydroxyl groups is 1. The van der Waals surface area contributed by atoms with Crippen LogP contribution in [0.15, 0.2) is 23.4 Å². The Morgan fingerprint density at radius 3 is 2.53 bits per heavy atom. The quantitative estimate of drug-likeness (QED) is 0.412. The fourth-order valence-electron chi connectivity index (χ4n) is 1.50. The normalized spacial score (nSPS) is 19.0. The van der Waals surface area contributed by atoms with E-state index in [9.17, 15) is 18.0 Å². The molecule has 0 aromatic carbocycles. The van der Waals surface area contributed by atoms with Gasteiger partial charge in [-0.3, -0.25) is 10.1 Å². The van der Waals surface area contributed by atoms with Gasteiger partial charge in [0.05, 0.1) is 11.9 Å². The lowest BCUT2D eigenvalue weighted by Crippen LogP contribution is -2.54. The number of aliphatic hydroxyl groups excluding tert-OH is 1. The second-order valence-electron chi connectivity index (χ2n) is 3.87. The summed E-state index contributed by atoms with van der Waals surface area (Å²) >= 11 is 0. The Hall–Kier alpha value is -1.58. The third kappa shape index (κ3) is 4.23. The molecule has 0 aromatic rings. The average Bonchev–Trinajstić information content (AvgIpc) is 2.34. The van der Waals surface area contributed by atoms with Crippen LogP contribution in [-0.2, 0) is 4.79 Å². The molecule has 0 saturated heterocycles. The molecule has 2 atom stereocenters. The zero-order valence-corrected chi connectivity index (χ0v) is 10.1. The van der Waals surface area contributed by atoms with Crippen molar-refractivity contribution in [3.05, 3.63) is 23.4 Å². The molecule has 1 rings (SSSR count). The molecular weight excluding hydrogens is 265 g/mol. The molecule has 108 valence electrons. The van der Waals surface area contributed by atoms with Crippen LogP contribution >= 0.6 is 0 Å². The SMILES string of the molecule is CNC(NC(O)C(F)(F)F)C1=CC=C(C(N)=O)NC1. The first-order chi connectivity index (χ1) is 8.75. The predicted molar refractivity (Wildman–Crippen MR) is 61.4 cm³/mol. The largest absolute Gasteiger partial charge is 0.428 e. The van der Waals surface area contributed by atoms with Crippen molar-refractivity contribution in [2.24, 2.45) is 5.73 Å². The highest BCUT2D eigenvalue weighted by Crippen LogP contribution is 2.19. The van der Waals surface area contributed by atoms with Crippen LogP contribution in [0.25, 0.3) is 0 Å². The second kappa shape index (κ2) is 6.04. The van der Waals surface area contributed by atoms with Gasteiger partial charge in [-0.15, -0.1) is 0 Å². The molecule has 1 amide bonds. The Morgan fingerprint density at radius 1 is 1.53 bits per heavy atom. The van der Waals surface area contributed by atoms with Crippen LogP contribution in [0, 0.1) is 0 Å². The number of primary amides is 1. The van der Waals surface area contributed by atoms with Crippen molar-refractivity contribution < 1.29 is 23.1 Å². The minimum atomic E-state index is -4.76. The summed E-state index contributed by atoms with van der Waals surface area (Å²) in [5, 5.41) is 16.2. The minimum Gasteiger partial charge on any atom is -0.377 e. The standard InChI is InChI=1S/C10H15F3N4O2/c1-15-8(17-9(19)10(11,12)13)5-2-3-6(7(14)18)16-4-5/h2-3,8-9,15-17,19H,4H2,1H3,(H2,14,18). The first-order valence-corrected chi connectivity index (χ1v) is 5.38. The maximum atomic E-state index is 12.2. The monoisotopic (exact) mass is 280 g/mol. The van der Waals surface area contributed by atoms with Crippen LogP contribution in [0.2, 0.25) is 0 Å². The molecule has 2 unspecified atom stereocenters. The zero-order chi connectivity index (χ0) is 14.6. The van der Waals surface area contributed by atoms with Crippen molar-refractivity contribution in [2.45, 2.75) is 18.6 Å². The van der Waals surface area contributed by atoms with Gasteiger partial charge in [-0.25, -0.2) is 0 Å². The van der Waals surface area contributed by atoms with E-state index in [1.54, 1.807) is 0 Å². The van der Waals surface area contributed by atoms with Gasteiger partial charge < -0.3 is 21.5 Å². The van der Waals surface area contributed by atoms with Gasteiger partial charge in [0.1, 0.15) is 0 Å². The number of alkyl halides is 3. The Balaban J connectivity index is 2.75. The van der Waals surface area contributed by atoms with Crippen LogP contribution in [0.3, 0.4) is 0 Å². The summed E-state index contributed by atoms with van der Waals surface area (Å²) in [6.45, 7) is 0.137. The van der Waals surface area contributed by atoms with Crippen molar-refractivity contribution in [1.82, 2.24) is 16.0 Å². The van der Waals surface area contributed by atoms with Gasteiger partial charge in [0.15, 0.2) is 0 Å². The molecule has 6 nitrogen and oxygen atoms in total. The first kappa shape index (κ1) is 15.5. The fourth-order valence-corrected chi connectivity index (χ4v) is 1.50. The lowest BCUT2D eigenvalue weighted by Gasteiger charge is -2.27. The molecule has 0 fully saturated rings. The summed E-state index contributed by atoms with van der Waals surface area (Å²) in [7, 11) is 1.44. The van der Waals surface area contributed by atoms with E-state index in [-0.39, 0.29) is 12.2 Å². The molecular formula is C10H15F3N4O2. The van der Waals surface area contributed by atoms with E-state index < -0.39 is 24.5 Å². The number of nitrogens with one attached hydrogen (secondary N) is 3. The fraction of sp³-hybridized carbons (Fsp3) is 0.500. The van der Waals surface area contributed by atoms with Gasteiger partial charge in [0.25, 0.3) is 5.91 Å². The zero-order valence-electron chi connectivity index (χ0n) is 10.1. The lowest BCUT2D eigenvalue weighted by molar-refractivity contribution is -0.215. The molecule has 0 saturated carbocycles. The van der Waals surface area contributed by atoms with E-state index in [0.717, 1.165) is 0 Å². The van der Waals surface area contributed by atoms with E-state index in [1.165, 1.54) is 19.2 Å². The maximum absolute atomic E-state index is 12.2. The average molecular weight is 280 g/mol. The van der Waals surface area contributed by atoms with Crippen molar-refractivity contribution in [3.8, 4) is 0 Å². The van der Waals surface area contributed by atoms with Crippen LogP contribution in [-0.4, -0.2) is 43.2 Å². The van der Waals surface area contributed by atoms with E-state index in [0.29, 0.717) is 5.57 Å². The highest BCUT2D eigenvalue weighted by atomic mass is 19.4. The number of hydrogen-bond acceptors (Lipinski definition) is 5. The lowest BCUT2D eigenvalue weighted by atomic mass is 10.1. The number of likely N-dealkylation sites (N-methyl/N-ethyl adjacent to an activating group) is 1. The molecule has 0 bridgehead atoms. The van der Waals surface area contributed by atoms with Gasteiger partial charge in [-0.05, 0) is 18.7 Å². The number of carbonyl (C=O) groups is 1. The van der Waals surface area contributed by atoms with Crippen LogP contribution in [0.1, 0.15) is 0 Å². The smallest absolute Gasteiger partial charge is 0.377 e. The van der Waals surface area contributed by atoms with Gasteiger partial charge in [-0.1, -0.05) is 6.08 Å². The molecule has 1 aliphatic heterocycles. The van der Waals surface area contributed by atoms with E-state index in [2.05, 4.69) is 10.6 Å². The number of halogens is 3. The third-order valence-electron chi connectivity index (χ3n) is 2.51. The molecule has 0 radical (unpaired) electrons. The molecule has 6 N–H and O–H groups in total. The summed E-state index contributed by atoms with van der Waals surface area (Å²) in [6.07, 6.45) is -5.46. The number of allylic oxidation sites excluding steroid dienone is 2. The third-order valence-corrected chi connectivity index (χ3v) is 2.51. The summed E-state index contributed by atoms with van der Waals surface area (Å²) in [6, 6.07) is 0. The summed E-state index contributed by atoms with van der Waals surface area (Å²) in [4.78, 5) is 10.9. The van der Waals surface area contributed by atoms with E-state index >= 15 is 0 Å². The molecule has 1 aliphatic rings. The van der Waals surface area contributed by atoms with Crippen molar-refractivity contribution in [2.75, 3.05) is 13.6 Å². The molecule has 19 heavy (non-hydrogen) atoms. The first-order valence-electron chi connectivity index (χ1n) is 5.38. The number of dihydropyridines is 1. The highest BCUT2D eigenvalue weighted by Gasteiger charge is 2.39.